The van der Waals surface area contributed by atoms with Gasteiger partial charge in [0.15, 0.2) is 0 Å². The van der Waals surface area contributed by atoms with Gasteiger partial charge in [-0.2, -0.15) is 0 Å². The van der Waals surface area contributed by atoms with Crippen LogP contribution < -0.4 is 0 Å². The molecule has 0 bridgehead atoms. The van der Waals surface area contributed by atoms with Crippen LogP contribution in [0.25, 0.3) is 0 Å². The van der Waals surface area contributed by atoms with Gasteiger partial charge in [0.2, 0.25) is 5.91 Å². The highest BCUT2D eigenvalue weighted by Crippen LogP contribution is 2.16. The van der Waals surface area contributed by atoms with E-state index in [2.05, 4.69) is 0 Å². The van der Waals surface area contributed by atoms with Gasteiger partial charge in [0.25, 0.3) is 0 Å². The number of carboxylic acid groups (broad SMARTS) is 1. The van der Waals surface area contributed by atoms with Gasteiger partial charge in [-0.05, 0) is 30.9 Å². The Hall–Kier alpha value is -1.88. The molecule has 1 aliphatic rings. The Morgan fingerprint density at radius 1 is 1.38 bits per heavy atom. The molecule has 1 atom stereocenters. The van der Waals surface area contributed by atoms with Gasteiger partial charge in [0.05, 0.1) is 18.1 Å². The lowest BCUT2D eigenvalue weighted by atomic mass is 10.0. The van der Waals surface area contributed by atoms with E-state index in [1.165, 1.54) is 0 Å². The van der Waals surface area contributed by atoms with Crippen molar-refractivity contribution in [2.24, 2.45) is 0 Å². The molecule has 1 N–H and O–H groups in total. The number of likely N-dealkylation sites (N-methyl/N-ethyl adjacent to an activating group) is 1. The van der Waals surface area contributed by atoms with Crippen molar-refractivity contribution < 1.29 is 19.4 Å². The lowest BCUT2D eigenvalue weighted by Crippen LogP contribution is -2.31. The normalized spacial score (nSPS) is 17.7. The fourth-order valence-corrected chi connectivity index (χ4v) is 2.52. The number of nitrogens with zero attached hydrogens (tertiary/aromatic N) is 1. The number of hydrogen-bond donors (Lipinski definition) is 1. The zero-order valence-electron chi connectivity index (χ0n) is 12.2. The zero-order chi connectivity index (χ0) is 15.2. The predicted molar refractivity (Wildman–Crippen MR) is 78.3 cm³/mol. The van der Waals surface area contributed by atoms with Gasteiger partial charge in [-0.3, -0.25) is 4.79 Å². The Morgan fingerprint density at radius 2 is 2.14 bits per heavy atom. The average Bonchev–Trinajstić information content (AvgIpc) is 2.97. The molecular weight excluding hydrogens is 270 g/mol. The summed E-state index contributed by atoms with van der Waals surface area (Å²) in [7, 11) is 1.75. The van der Waals surface area contributed by atoms with Crippen LogP contribution in [-0.4, -0.2) is 48.2 Å². The highest BCUT2D eigenvalue weighted by atomic mass is 16.5. The summed E-state index contributed by atoms with van der Waals surface area (Å²) in [4.78, 5) is 24.9. The molecule has 21 heavy (non-hydrogen) atoms. The Balaban J connectivity index is 1.87. The van der Waals surface area contributed by atoms with E-state index in [1.54, 1.807) is 30.1 Å². The van der Waals surface area contributed by atoms with Crippen LogP contribution in [0.4, 0.5) is 0 Å². The second-order valence-corrected chi connectivity index (χ2v) is 5.37. The van der Waals surface area contributed by atoms with Gasteiger partial charge >= 0.3 is 5.97 Å². The van der Waals surface area contributed by atoms with Crippen LogP contribution in [0.15, 0.2) is 24.3 Å². The van der Waals surface area contributed by atoms with Crippen molar-refractivity contribution in [2.45, 2.75) is 31.8 Å². The number of aromatic carboxylic acids is 1. The lowest BCUT2D eigenvalue weighted by Gasteiger charge is -2.19. The molecular formula is C16H21NO4. The van der Waals surface area contributed by atoms with Crippen LogP contribution >= 0.6 is 0 Å². The number of hydrogen-bond acceptors (Lipinski definition) is 3. The van der Waals surface area contributed by atoms with Gasteiger partial charge in [0.1, 0.15) is 0 Å². The summed E-state index contributed by atoms with van der Waals surface area (Å²) in [6, 6.07) is 6.91. The lowest BCUT2D eigenvalue weighted by molar-refractivity contribution is -0.132. The third-order valence-electron chi connectivity index (χ3n) is 3.82. The van der Waals surface area contributed by atoms with E-state index in [-0.39, 0.29) is 12.0 Å². The van der Waals surface area contributed by atoms with Crippen LogP contribution in [0.5, 0.6) is 0 Å². The number of carboxylic acids is 1. The first-order chi connectivity index (χ1) is 10.1. The minimum absolute atomic E-state index is 0.0475. The Morgan fingerprint density at radius 3 is 2.81 bits per heavy atom. The van der Waals surface area contributed by atoms with Crippen molar-refractivity contribution >= 4 is 11.9 Å². The summed E-state index contributed by atoms with van der Waals surface area (Å²) in [5, 5.41) is 9.13. The second kappa shape index (κ2) is 7.22. The third kappa shape index (κ3) is 4.29. The number of amides is 1. The fourth-order valence-electron chi connectivity index (χ4n) is 2.52. The van der Waals surface area contributed by atoms with E-state index in [0.29, 0.717) is 24.9 Å². The molecule has 1 fully saturated rings. The molecule has 1 saturated heterocycles. The number of benzene rings is 1. The van der Waals surface area contributed by atoms with Crippen LogP contribution in [-0.2, 0) is 16.0 Å². The molecule has 1 aliphatic heterocycles. The number of carbonyl (C=O) groups is 2. The van der Waals surface area contributed by atoms with Crippen molar-refractivity contribution in [3.05, 3.63) is 35.4 Å². The standard InChI is InChI=1S/C16H21NO4/c1-17(15(18)11-13-6-4-10-21-13)9-8-12-5-2-3-7-14(12)16(19)20/h2-3,5,7,13H,4,6,8-11H2,1H3,(H,19,20). The maximum Gasteiger partial charge on any atom is 0.335 e. The van der Waals surface area contributed by atoms with Gasteiger partial charge in [0, 0.05) is 20.2 Å². The van der Waals surface area contributed by atoms with E-state index in [4.69, 9.17) is 9.84 Å². The molecule has 0 aromatic heterocycles. The molecule has 114 valence electrons. The molecule has 0 saturated carbocycles. The Bertz CT molecular complexity index is 509. The molecule has 0 spiro atoms. The summed E-state index contributed by atoms with van der Waals surface area (Å²) in [5.74, 6) is -0.881. The molecule has 0 radical (unpaired) electrons. The number of ether oxygens (including phenoxy) is 1. The molecule has 2 rings (SSSR count). The quantitative estimate of drug-likeness (QED) is 0.870. The van der Waals surface area contributed by atoms with E-state index < -0.39 is 5.97 Å². The van der Waals surface area contributed by atoms with E-state index >= 15 is 0 Å². The highest BCUT2D eigenvalue weighted by Gasteiger charge is 2.21. The number of carbonyl (C=O) groups excluding carboxylic acids is 1. The SMILES string of the molecule is CN(CCc1ccccc1C(=O)O)C(=O)CC1CCCO1. The van der Waals surface area contributed by atoms with Crippen LogP contribution in [0.1, 0.15) is 35.2 Å². The molecule has 1 unspecified atom stereocenters. The van der Waals surface area contributed by atoms with Crippen molar-refractivity contribution in [3.8, 4) is 0 Å². The largest absolute Gasteiger partial charge is 0.478 e. The summed E-state index contributed by atoms with van der Waals surface area (Å²) in [5.41, 5.74) is 1.05. The van der Waals surface area contributed by atoms with E-state index in [1.807, 2.05) is 6.07 Å². The first-order valence-electron chi connectivity index (χ1n) is 7.24. The van der Waals surface area contributed by atoms with Gasteiger partial charge < -0.3 is 14.7 Å². The molecule has 1 aromatic carbocycles. The van der Waals surface area contributed by atoms with Gasteiger partial charge in [-0.15, -0.1) is 0 Å². The molecule has 1 aromatic rings. The van der Waals surface area contributed by atoms with Crippen LogP contribution in [0, 0.1) is 0 Å². The van der Waals surface area contributed by atoms with E-state index in [0.717, 1.165) is 25.0 Å². The summed E-state index contributed by atoms with van der Waals surface area (Å²) < 4.78 is 5.46. The second-order valence-electron chi connectivity index (χ2n) is 5.37. The first kappa shape index (κ1) is 15.5. The predicted octanol–water partition coefficient (Wildman–Crippen LogP) is 1.95. The minimum atomic E-state index is -0.932. The maximum absolute atomic E-state index is 12.1. The van der Waals surface area contributed by atoms with Gasteiger partial charge in [-0.25, -0.2) is 4.79 Å². The zero-order valence-corrected chi connectivity index (χ0v) is 12.2. The summed E-state index contributed by atoms with van der Waals surface area (Å²) in [6.07, 6.45) is 2.97. The van der Waals surface area contributed by atoms with Crippen molar-refractivity contribution in [1.82, 2.24) is 4.90 Å². The maximum atomic E-state index is 12.1. The number of rotatable bonds is 6. The first-order valence-corrected chi connectivity index (χ1v) is 7.24. The molecule has 1 heterocycles. The third-order valence-corrected chi connectivity index (χ3v) is 3.82. The van der Waals surface area contributed by atoms with Gasteiger partial charge in [-0.1, -0.05) is 18.2 Å². The smallest absolute Gasteiger partial charge is 0.335 e. The van der Waals surface area contributed by atoms with Crippen LogP contribution in [0.2, 0.25) is 0 Å². The molecule has 0 aliphatic carbocycles. The topological polar surface area (TPSA) is 66.8 Å². The summed E-state index contributed by atoms with van der Waals surface area (Å²) in [6.45, 7) is 1.25. The van der Waals surface area contributed by atoms with Crippen LogP contribution in [0.3, 0.4) is 0 Å². The monoisotopic (exact) mass is 291 g/mol. The minimum Gasteiger partial charge on any atom is -0.478 e. The van der Waals surface area contributed by atoms with Crippen molar-refractivity contribution in [1.29, 1.82) is 0 Å². The van der Waals surface area contributed by atoms with Crippen molar-refractivity contribution in [3.63, 3.8) is 0 Å². The van der Waals surface area contributed by atoms with Crippen molar-refractivity contribution in [2.75, 3.05) is 20.2 Å². The molecule has 5 heteroatoms. The highest BCUT2D eigenvalue weighted by molar-refractivity contribution is 5.89. The average molecular weight is 291 g/mol. The Kier molecular flexibility index (Phi) is 5.33. The fraction of sp³-hybridized carbons (Fsp3) is 0.500. The molecule has 1 amide bonds. The Labute approximate surface area is 124 Å². The summed E-state index contributed by atoms with van der Waals surface area (Å²) >= 11 is 0. The van der Waals surface area contributed by atoms with E-state index in [9.17, 15) is 9.59 Å². The molecule has 5 nitrogen and oxygen atoms in total.